The van der Waals surface area contributed by atoms with E-state index in [0.717, 1.165) is 32.0 Å². The molecule has 0 aromatic heterocycles. The van der Waals surface area contributed by atoms with Gasteiger partial charge in [-0.15, -0.1) is 0 Å². The lowest BCUT2D eigenvalue weighted by atomic mass is 10.1. The fourth-order valence-electron chi connectivity index (χ4n) is 1.94. The maximum absolute atomic E-state index is 5.42. The van der Waals surface area contributed by atoms with Gasteiger partial charge in [0.2, 0.25) is 0 Å². The average molecular weight is 250 g/mol. The highest BCUT2D eigenvalue weighted by Crippen LogP contribution is 2.12. The van der Waals surface area contributed by atoms with Crippen LogP contribution in [0.2, 0.25) is 0 Å². The summed E-state index contributed by atoms with van der Waals surface area (Å²) in [5.41, 5.74) is 1.30. The zero-order valence-corrected chi connectivity index (χ0v) is 11.8. The fourth-order valence-corrected chi connectivity index (χ4v) is 1.94. The molecule has 18 heavy (non-hydrogen) atoms. The molecule has 2 N–H and O–H groups in total. The Morgan fingerprint density at radius 3 is 2.39 bits per heavy atom. The maximum atomic E-state index is 5.42. The SMILES string of the molecule is CCOc1ccc(CNCC(CC)CNC)cc1. The van der Waals surface area contributed by atoms with E-state index >= 15 is 0 Å². The molecule has 0 spiro atoms. The summed E-state index contributed by atoms with van der Waals surface area (Å²) in [6.07, 6.45) is 1.21. The predicted molar refractivity (Wildman–Crippen MR) is 77.0 cm³/mol. The van der Waals surface area contributed by atoms with Gasteiger partial charge in [-0.05, 0) is 50.7 Å². The third-order valence-electron chi connectivity index (χ3n) is 3.07. The van der Waals surface area contributed by atoms with Crippen molar-refractivity contribution in [3.8, 4) is 5.75 Å². The average Bonchev–Trinajstić information content (AvgIpc) is 2.40. The molecule has 0 heterocycles. The zero-order valence-electron chi connectivity index (χ0n) is 11.8. The van der Waals surface area contributed by atoms with Crippen LogP contribution in [0.1, 0.15) is 25.8 Å². The number of hydrogen-bond donors (Lipinski definition) is 2. The Balaban J connectivity index is 2.30. The number of benzene rings is 1. The van der Waals surface area contributed by atoms with Gasteiger partial charge in [0.25, 0.3) is 0 Å². The van der Waals surface area contributed by atoms with Crippen molar-refractivity contribution >= 4 is 0 Å². The van der Waals surface area contributed by atoms with Crippen LogP contribution < -0.4 is 15.4 Å². The number of ether oxygens (including phenoxy) is 1. The molecular weight excluding hydrogens is 224 g/mol. The summed E-state index contributed by atoms with van der Waals surface area (Å²) in [4.78, 5) is 0. The van der Waals surface area contributed by atoms with E-state index in [4.69, 9.17) is 4.74 Å². The van der Waals surface area contributed by atoms with E-state index in [2.05, 4.69) is 29.7 Å². The molecule has 0 fully saturated rings. The number of hydrogen-bond acceptors (Lipinski definition) is 3. The lowest BCUT2D eigenvalue weighted by Crippen LogP contribution is -2.29. The molecular formula is C15H26N2O. The minimum atomic E-state index is 0.706. The van der Waals surface area contributed by atoms with Crippen LogP contribution in [0.25, 0.3) is 0 Å². The van der Waals surface area contributed by atoms with Gasteiger partial charge in [-0.1, -0.05) is 25.5 Å². The molecule has 0 radical (unpaired) electrons. The Hall–Kier alpha value is -1.06. The van der Waals surface area contributed by atoms with Crippen LogP contribution in [0.3, 0.4) is 0 Å². The Kier molecular flexibility index (Phi) is 7.46. The second kappa shape index (κ2) is 8.95. The standard InChI is InChI=1S/C15H26N2O/c1-4-13(10-16-3)11-17-12-14-6-8-15(9-7-14)18-5-2/h6-9,13,16-17H,4-5,10-12H2,1-3H3. The van der Waals surface area contributed by atoms with E-state index in [-0.39, 0.29) is 0 Å². The van der Waals surface area contributed by atoms with Crippen LogP contribution >= 0.6 is 0 Å². The van der Waals surface area contributed by atoms with E-state index in [1.165, 1.54) is 12.0 Å². The highest BCUT2D eigenvalue weighted by atomic mass is 16.5. The molecule has 1 aromatic rings. The van der Waals surface area contributed by atoms with Gasteiger partial charge in [0.05, 0.1) is 6.61 Å². The summed E-state index contributed by atoms with van der Waals surface area (Å²) in [5.74, 6) is 1.65. The summed E-state index contributed by atoms with van der Waals surface area (Å²) in [6, 6.07) is 8.31. The fraction of sp³-hybridized carbons (Fsp3) is 0.600. The van der Waals surface area contributed by atoms with Crippen molar-refractivity contribution in [2.75, 3.05) is 26.7 Å². The lowest BCUT2D eigenvalue weighted by Gasteiger charge is -2.15. The monoisotopic (exact) mass is 250 g/mol. The maximum Gasteiger partial charge on any atom is 0.119 e. The van der Waals surface area contributed by atoms with Gasteiger partial charge < -0.3 is 15.4 Å². The smallest absolute Gasteiger partial charge is 0.119 e. The van der Waals surface area contributed by atoms with Crippen molar-refractivity contribution in [3.05, 3.63) is 29.8 Å². The van der Waals surface area contributed by atoms with Crippen molar-refractivity contribution in [1.82, 2.24) is 10.6 Å². The van der Waals surface area contributed by atoms with Crippen LogP contribution in [0.15, 0.2) is 24.3 Å². The Morgan fingerprint density at radius 1 is 1.11 bits per heavy atom. The van der Waals surface area contributed by atoms with E-state index in [1.807, 2.05) is 26.1 Å². The molecule has 0 amide bonds. The molecule has 102 valence electrons. The van der Waals surface area contributed by atoms with Crippen LogP contribution in [-0.4, -0.2) is 26.7 Å². The second-order valence-electron chi connectivity index (χ2n) is 4.54. The third-order valence-corrected chi connectivity index (χ3v) is 3.07. The van der Waals surface area contributed by atoms with Crippen molar-refractivity contribution in [1.29, 1.82) is 0 Å². The van der Waals surface area contributed by atoms with Crippen LogP contribution in [0.4, 0.5) is 0 Å². The van der Waals surface area contributed by atoms with E-state index in [9.17, 15) is 0 Å². The second-order valence-corrected chi connectivity index (χ2v) is 4.54. The minimum Gasteiger partial charge on any atom is -0.494 e. The topological polar surface area (TPSA) is 33.3 Å². The zero-order chi connectivity index (χ0) is 13.2. The number of rotatable bonds is 9. The number of nitrogens with one attached hydrogen (secondary N) is 2. The summed E-state index contributed by atoms with van der Waals surface area (Å²) < 4.78 is 5.42. The summed E-state index contributed by atoms with van der Waals surface area (Å²) in [5, 5.41) is 6.74. The van der Waals surface area contributed by atoms with Crippen molar-refractivity contribution in [2.24, 2.45) is 5.92 Å². The predicted octanol–water partition coefficient (Wildman–Crippen LogP) is 2.42. The van der Waals surface area contributed by atoms with Gasteiger partial charge in [-0.25, -0.2) is 0 Å². The molecule has 1 rings (SSSR count). The summed E-state index contributed by atoms with van der Waals surface area (Å²) in [7, 11) is 2.01. The van der Waals surface area contributed by atoms with Gasteiger partial charge in [0.15, 0.2) is 0 Å². The largest absolute Gasteiger partial charge is 0.494 e. The quantitative estimate of drug-likeness (QED) is 0.706. The molecule has 3 nitrogen and oxygen atoms in total. The third kappa shape index (κ3) is 5.52. The molecule has 0 bridgehead atoms. The van der Waals surface area contributed by atoms with Crippen LogP contribution in [-0.2, 0) is 6.54 Å². The van der Waals surface area contributed by atoms with E-state index in [1.54, 1.807) is 0 Å². The first-order valence-electron chi connectivity index (χ1n) is 6.87. The molecule has 1 atom stereocenters. The molecule has 0 aliphatic heterocycles. The van der Waals surface area contributed by atoms with Gasteiger partial charge >= 0.3 is 0 Å². The molecule has 3 heteroatoms. The molecule has 1 unspecified atom stereocenters. The Labute approximate surface area is 111 Å². The van der Waals surface area contributed by atoms with Crippen molar-refractivity contribution < 1.29 is 4.74 Å². The molecule has 0 saturated heterocycles. The Bertz CT molecular complexity index is 311. The molecule has 0 saturated carbocycles. The molecule has 1 aromatic carbocycles. The van der Waals surface area contributed by atoms with Crippen LogP contribution in [0.5, 0.6) is 5.75 Å². The Morgan fingerprint density at radius 2 is 1.83 bits per heavy atom. The summed E-state index contributed by atoms with van der Waals surface area (Å²) in [6.45, 7) is 8.02. The van der Waals surface area contributed by atoms with Crippen molar-refractivity contribution in [3.63, 3.8) is 0 Å². The normalized spacial score (nSPS) is 12.4. The van der Waals surface area contributed by atoms with Crippen molar-refractivity contribution in [2.45, 2.75) is 26.8 Å². The summed E-state index contributed by atoms with van der Waals surface area (Å²) >= 11 is 0. The van der Waals surface area contributed by atoms with E-state index < -0.39 is 0 Å². The van der Waals surface area contributed by atoms with Gasteiger partial charge in [-0.3, -0.25) is 0 Å². The first kappa shape index (κ1) is 15.0. The van der Waals surface area contributed by atoms with Gasteiger partial charge in [-0.2, -0.15) is 0 Å². The minimum absolute atomic E-state index is 0.706. The van der Waals surface area contributed by atoms with E-state index in [0.29, 0.717) is 5.92 Å². The first-order chi connectivity index (χ1) is 8.80. The highest BCUT2D eigenvalue weighted by Gasteiger charge is 2.04. The first-order valence-corrected chi connectivity index (χ1v) is 6.87. The lowest BCUT2D eigenvalue weighted by molar-refractivity contribution is 0.340. The molecule has 0 aliphatic rings. The van der Waals surface area contributed by atoms with Gasteiger partial charge in [0, 0.05) is 6.54 Å². The van der Waals surface area contributed by atoms with Crippen LogP contribution in [0, 0.1) is 5.92 Å². The molecule has 0 aliphatic carbocycles. The highest BCUT2D eigenvalue weighted by molar-refractivity contribution is 5.27. The van der Waals surface area contributed by atoms with Gasteiger partial charge in [0.1, 0.15) is 5.75 Å².